The van der Waals surface area contributed by atoms with Crippen LogP contribution in [0.15, 0.2) is 28.4 Å². The fourth-order valence-electron chi connectivity index (χ4n) is 1.52. The maximum absolute atomic E-state index is 11.8. The molecule has 20 heavy (non-hydrogen) atoms. The van der Waals surface area contributed by atoms with E-state index < -0.39 is 10.8 Å². The Labute approximate surface area is 116 Å². The summed E-state index contributed by atoms with van der Waals surface area (Å²) in [6.45, 7) is 0.135. The minimum absolute atomic E-state index is 0.00582. The van der Waals surface area contributed by atoms with Crippen molar-refractivity contribution >= 4 is 28.6 Å². The molecule has 8 nitrogen and oxygen atoms in total. The van der Waals surface area contributed by atoms with Crippen molar-refractivity contribution in [3.8, 4) is 0 Å². The molecule has 0 saturated heterocycles. The SMILES string of the molecule is Nc1ccc(C(=O)NCc2csc(=O)[nH]2)cc1[N+](=O)[O-]. The zero-order chi connectivity index (χ0) is 14.7. The summed E-state index contributed by atoms with van der Waals surface area (Å²) in [6.07, 6.45) is 0. The number of hydrogen-bond donors (Lipinski definition) is 3. The van der Waals surface area contributed by atoms with Crippen LogP contribution in [0.3, 0.4) is 0 Å². The van der Waals surface area contributed by atoms with E-state index in [1.165, 1.54) is 12.1 Å². The highest BCUT2D eigenvalue weighted by molar-refractivity contribution is 7.07. The number of amides is 1. The van der Waals surface area contributed by atoms with Gasteiger partial charge in [0, 0.05) is 22.7 Å². The second-order valence-corrected chi connectivity index (χ2v) is 4.73. The van der Waals surface area contributed by atoms with Crippen molar-refractivity contribution in [2.75, 3.05) is 5.73 Å². The van der Waals surface area contributed by atoms with E-state index in [9.17, 15) is 19.7 Å². The Kier molecular flexibility index (Phi) is 3.80. The van der Waals surface area contributed by atoms with Crippen molar-refractivity contribution in [2.45, 2.75) is 6.54 Å². The maximum atomic E-state index is 11.8. The molecule has 0 aliphatic heterocycles. The van der Waals surface area contributed by atoms with Gasteiger partial charge in [0.1, 0.15) is 5.69 Å². The standard InChI is InChI=1S/C11H10N4O4S/c12-8-2-1-6(3-9(8)15(18)19)10(16)13-4-7-5-20-11(17)14-7/h1-3,5H,4,12H2,(H,13,16)(H,14,17). The lowest BCUT2D eigenvalue weighted by atomic mass is 10.1. The van der Waals surface area contributed by atoms with E-state index in [4.69, 9.17) is 5.73 Å². The summed E-state index contributed by atoms with van der Waals surface area (Å²) in [7, 11) is 0. The maximum Gasteiger partial charge on any atom is 0.304 e. The number of thiazole rings is 1. The summed E-state index contributed by atoms with van der Waals surface area (Å²) in [5.74, 6) is -0.486. The Balaban J connectivity index is 2.11. The van der Waals surface area contributed by atoms with E-state index in [0.29, 0.717) is 5.69 Å². The van der Waals surface area contributed by atoms with Gasteiger partial charge in [-0.15, -0.1) is 0 Å². The molecule has 9 heteroatoms. The zero-order valence-corrected chi connectivity index (χ0v) is 10.9. The number of nitro groups is 1. The first kappa shape index (κ1) is 13.7. The molecule has 0 radical (unpaired) electrons. The molecule has 1 amide bonds. The van der Waals surface area contributed by atoms with Crippen molar-refractivity contribution < 1.29 is 9.72 Å². The quantitative estimate of drug-likeness (QED) is 0.437. The smallest absolute Gasteiger partial charge is 0.304 e. The number of H-pyrrole nitrogens is 1. The van der Waals surface area contributed by atoms with Crippen molar-refractivity contribution in [2.24, 2.45) is 0 Å². The van der Waals surface area contributed by atoms with E-state index in [1.54, 1.807) is 5.38 Å². The van der Waals surface area contributed by atoms with Crippen LogP contribution < -0.4 is 15.9 Å². The van der Waals surface area contributed by atoms with Crippen LogP contribution in [0.4, 0.5) is 11.4 Å². The van der Waals surface area contributed by atoms with Crippen LogP contribution in [0.5, 0.6) is 0 Å². The van der Waals surface area contributed by atoms with Gasteiger partial charge in [0.05, 0.1) is 11.5 Å². The Hall–Kier alpha value is -2.68. The van der Waals surface area contributed by atoms with Crippen LogP contribution in [0, 0.1) is 10.1 Å². The predicted molar refractivity (Wildman–Crippen MR) is 73.6 cm³/mol. The van der Waals surface area contributed by atoms with Gasteiger partial charge >= 0.3 is 4.87 Å². The van der Waals surface area contributed by atoms with Crippen LogP contribution in [0.25, 0.3) is 0 Å². The number of aromatic nitrogens is 1. The van der Waals surface area contributed by atoms with Gasteiger partial charge in [-0.25, -0.2) is 0 Å². The van der Waals surface area contributed by atoms with Gasteiger partial charge in [-0.1, -0.05) is 11.3 Å². The normalized spacial score (nSPS) is 10.2. The molecule has 0 atom stereocenters. The van der Waals surface area contributed by atoms with Gasteiger partial charge in [0.25, 0.3) is 11.6 Å². The number of hydrogen-bond acceptors (Lipinski definition) is 6. The number of anilines is 1. The topological polar surface area (TPSA) is 131 Å². The van der Waals surface area contributed by atoms with Gasteiger partial charge < -0.3 is 16.0 Å². The molecular weight excluding hydrogens is 284 g/mol. The largest absolute Gasteiger partial charge is 0.393 e. The number of nitrogens with two attached hydrogens (primary N) is 1. The Morgan fingerprint density at radius 3 is 2.85 bits per heavy atom. The molecule has 0 spiro atoms. The highest BCUT2D eigenvalue weighted by atomic mass is 32.1. The van der Waals surface area contributed by atoms with E-state index in [-0.39, 0.29) is 28.4 Å². The van der Waals surface area contributed by atoms with Gasteiger partial charge in [-0.05, 0) is 12.1 Å². The van der Waals surface area contributed by atoms with Gasteiger partial charge in [-0.2, -0.15) is 0 Å². The summed E-state index contributed by atoms with van der Waals surface area (Å²) in [4.78, 5) is 35.2. The summed E-state index contributed by atoms with van der Waals surface area (Å²) >= 11 is 0.992. The lowest BCUT2D eigenvalue weighted by Crippen LogP contribution is -2.23. The van der Waals surface area contributed by atoms with Crippen LogP contribution >= 0.6 is 11.3 Å². The number of nitro benzene ring substituents is 1. The Bertz CT molecular complexity index is 721. The third-order valence-electron chi connectivity index (χ3n) is 2.50. The zero-order valence-electron chi connectivity index (χ0n) is 10.1. The Morgan fingerprint density at radius 2 is 2.25 bits per heavy atom. The summed E-state index contributed by atoms with van der Waals surface area (Å²) in [6, 6.07) is 3.81. The van der Waals surface area contributed by atoms with E-state index in [2.05, 4.69) is 10.3 Å². The van der Waals surface area contributed by atoms with Crippen molar-refractivity contribution in [3.05, 3.63) is 54.6 Å². The van der Waals surface area contributed by atoms with Gasteiger partial charge in [0.2, 0.25) is 0 Å². The second kappa shape index (κ2) is 5.53. The molecule has 0 aliphatic carbocycles. The fourth-order valence-corrected chi connectivity index (χ4v) is 2.10. The lowest BCUT2D eigenvalue weighted by Gasteiger charge is -2.04. The van der Waals surface area contributed by atoms with Crippen LogP contribution in [0.1, 0.15) is 16.1 Å². The highest BCUT2D eigenvalue weighted by Crippen LogP contribution is 2.22. The van der Waals surface area contributed by atoms with E-state index >= 15 is 0 Å². The number of rotatable bonds is 4. The van der Waals surface area contributed by atoms with Gasteiger partial charge in [-0.3, -0.25) is 19.7 Å². The third kappa shape index (κ3) is 3.01. The van der Waals surface area contributed by atoms with Gasteiger partial charge in [0.15, 0.2) is 0 Å². The van der Waals surface area contributed by atoms with Crippen LogP contribution in [-0.2, 0) is 6.54 Å². The predicted octanol–water partition coefficient (Wildman–Crippen LogP) is 0.857. The average molecular weight is 294 g/mol. The molecule has 1 aromatic carbocycles. The first-order valence-electron chi connectivity index (χ1n) is 5.46. The number of nitrogen functional groups attached to an aromatic ring is 1. The average Bonchev–Trinajstić information content (AvgIpc) is 2.82. The molecule has 0 aliphatic rings. The van der Waals surface area contributed by atoms with E-state index in [1.807, 2.05) is 0 Å². The molecular formula is C11H10N4O4S. The molecule has 0 fully saturated rings. The summed E-state index contributed by atoms with van der Waals surface area (Å²) in [5, 5.41) is 14.9. The molecule has 0 saturated carbocycles. The van der Waals surface area contributed by atoms with Crippen LogP contribution in [0.2, 0.25) is 0 Å². The lowest BCUT2D eigenvalue weighted by molar-refractivity contribution is -0.383. The monoisotopic (exact) mass is 294 g/mol. The molecule has 4 N–H and O–H groups in total. The molecule has 2 rings (SSSR count). The van der Waals surface area contributed by atoms with E-state index in [0.717, 1.165) is 17.4 Å². The summed E-state index contributed by atoms with van der Waals surface area (Å²) < 4.78 is 0. The number of carbonyl (C=O) groups excluding carboxylic acids is 1. The molecule has 2 aromatic rings. The van der Waals surface area contributed by atoms with Crippen LogP contribution in [-0.4, -0.2) is 15.8 Å². The number of benzene rings is 1. The van der Waals surface area contributed by atoms with Crippen molar-refractivity contribution in [1.82, 2.24) is 10.3 Å². The number of nitrogens with zero attached hydrogens (tertiary/aromatic N) is 1. The molecule has 0 unspecified atom stereocenters. The number of carbonyl (C=O) groups is 1. The molecule has 0 bridgehead atoms. The molecule has 1 heterocycles. The highest BCUT2D eigenvalue weighted by Gasteiger charge is 2.15. The fraction of sp³-hybridized carbons (Fsp3) is 0.0909. The second-order valence-electron chi connectivity index (χ2n) is 3.89. The summed E-state index contributed by atoms with van der Waals surface area (Å²) in [5.41, 5.74) is 5.82. The first-order valence-corrected chi connectivity index (χ1v) is 6.34. The molecule has 1 aromatic heterocycles. The minimum Gasteiger partial charge on any atom is -0.393 e. The number of aromatic amines is 1. The Morgan fingerprint density at radius 1 is 1.50 bits per heavy atom. The van der Waals surface area contributed by atoms with Crippen molar-refractivity contribution in [3.63, 3.8) is 0 Å². The minimum atomic E-state index is -0.650. The third-order valence-corrected chi connectivity index (χ3v) is 3.22. The first-order chi connectivity index (χ1) is 9.47. The van der Waals surface area contributed by atoms with Crippen molar-refractivity contribution in [1.29, 1.82) is 0 Å². The molecule has 104 valence electrons. The number of nitrogens with one attached hydrogen (secondary N) is 2.